The number of hydrogen-bond donors (Lipinski definition) is 1. The van der Waals surface area contributed by atoms with Gasteiger partial charge in [-0.1, -0.05) is 12.1 Å². The number of hydrogen-bond acceptors (Lipinski definition) is 5. The molecule has 2 bridgehead atoms. The zero-order valence-electron chi connectivity index (χ0n) is 17.3. The summed E-state index contributed by atoms with van der Waals surface area (Å²) in [4.78, 5) is 9.79. The number of phenols is 1. The average Bonchev–Trinajstić information content (AvgIpc) is 3.22. The highest BCUT2D eigenvalue weighted by Crippen LogP contribution is 2.44. The Morgan fingerprint density at radius 3 is 2.62 bits per heavy atom. The summed E-state index contributed by atoms with van der Waals surface area (Å²) in [6.07, 6.45) is 9.85. The van der Waals surface area contributed by atoms with E-state index in [9.17, 15) is 5.11 Å². The van der Waals surface area contributed by atoms with Crippen molar-refractivity contribution in [3.05, 3.63) is 48.0 Å². The molecule has 156 valence electrons. The van der Waals surface area contributed by atoms with Crippen molar-refractivity contribution in [2.75, 3.05) is 26.2 Å². The minimum absolute atomic E-state index is 0.0181. The van der Waals surface area contributed by atoms with E-state index in [1.807, 2.05) is 24.5 Å². The van der Waals surface area contributed by atoms with Crippen LogP contribution in [0.5, 0.6) is 5.75 Å². The Balaban J connectivity index is 1.22. The average molecular weight is 397 g/mol. The maximum absolute atomic E-state index is 9.49. The predicted octanol–water partition coefficient (Wildman–Crippen LogP) is 2.57. The quantitative estimate of drug-likeness (QED) is 0.842. The Morgan fingerprint density at radius 1 is 1.17 bits per heavy atom. The van der Waals surface area contributed by atoms with E-state index in [1.54, 1.807) is 12.1 Å². The molecule has 2 aromatic rings. The molecule has 1 N–H and O–H groups in total. The fourth-order valence-electron chi connectivity index (χ4n) is 5.74. The molecule has 5 rings (SSSR count). The van der Waals surface area contributed by atoms with Crippen molar-refractivity contribution < 1.29 is 9.84 Å². The number of benzene rings is 1. The van der Waals surface area contributed by atoms with Gasteiger partial charge in [0.15, 0.2) is 0 Å². The molecule has 6 heteroatoms. The van der Waals surface area contributed by atoms with Gasteiger partial charge in [0, 0.05) is 51.2 Å². The zero-order valence-corrected chi connectivity index (χ0v) is 17.3. The highest BCUT2D eigenvalue weighted by atomic mass is 16.5. The second-order valence-electron chi connectivity index (χ2n) is 9.14. The van der Waals surface area contributed by atoms with Crippen molar-refractivity contribution in [2.45, 2.75) is 56.3 Å². The van der Waals surface area contributed by atoms with Gasteiger partial charge >= 0.3 is 0 Å². The van der Waals surface area contributed by atoms with Crippen LogP contribution in [0.25, 0.3) is 0 Å². The first-order valence-corrected chi connectivity index (χ1v) is 11.0. The lowest BCUT2D eigenvalue weighted by Crippen LogP contribution is -2.60. The normalized spacial score (nSPS) is 30.2. The number of phenolic OH excluding ortho intramolecular Hbond substituents is 1. The van der Waals surface area contributed by atoms with Crippen LogP contribution in [0.1, 0.15) is 37.1 Å². The molecule has 1 spiro atoms. The first-order valence-electron chi connectivity index (χ1n) is 11.0. The van der Waals surface area contributed by atoms with Gasteiger partial charge in [-0.3, -0.25) is 9.80 Å². The van der Waals surface area contributed by atoms with Crippen LogP contribution in [-0.4, -0.2) is 68.4 Å². The second-order valence-corrected chi connectivity index (χ2v) is 9.14. The lowest BCUT2D eigenvalue weighted by atomic mass is 9.84. The van der Waals surface area contributed by atoms with Crippen molar-refractivity contribution in [2.24, 2.45) is 7.05 Å². The summed E-state index contributed by atoms with van der Waals surface area (Å²) in [5.41, 5.74) is 1.32. The maximum atomic E-state index is 9.49. The summed E-state index contributed by atoms with van der Waals surface area (Å²) in [6.45, 7) is 4.87. The van der Waals surface area contributed by atoms with Crippen LogP contribution in [0.2, 0.25) is 0 Å². The van der Waals surface area contributed by atoms with Crippen LogP contribution in [0.3, 0.4) is 0 Å². The van der Waals surface area contributed by atoms with Gasteiger partial charge in [0.25, 0.3) is 0 Å². The third-order valence-corrected chi connectivity index (χ3v) is 7.19. The van der Waals surface area contributed by atoms with E-state index >= 15 is 0 Å². The molecule has 29 heavy (non-hydrogen) atoms. The number of aromatic hydroxyl groups is 1. The Morgan fingerprint density at radius 2 is 1.93 bits per heavy atom. The summed E-state index contributed by atoms with van der Waals surface area (Å²) in [6, 6.07) is 8.95. The predicted molar refractivity (Wildman–Crippen MR) is 112 cm³/mol. The van der Waals surface area contributed by atoms with Gasteiger partial charge in [-0.25, -0.2) is 4.98 Å². The van der Waals surface area contributed by atoms with Gasteiger partial charge in [0.2, 0.25) is 0 Å². The lowest BCUT2D eigenvalue weighted by Gasteiger charge is -2.50. The van der Waals surface area contributed by atoms with Crippen LogP contribution in [-0.2, 0) is 24.8 Å². The fraction of sp³-hybridized carbons (Fsp3) is 0.609. The molecule has 0 saturated carbocycles. The molecule has 3 aliphatic heterocycles. The van der Waals surface area contributed by atoms with Crippen molar-refractivity contribution >= 4 is 0 Å². The van der Waals surface area contributed by atoms with Gasteiger partial charge in [-0.2, -0.15) is 0 Å². The third kappa shape index (κ3) is 3.93. The van der Waals surface area contributed by atoms with Crippen LogP contribution in [0, 0.1) is 0 Å². The van der Waals surface area contributed by atoms with Crippen LogP contribution < -0.4 is 0 Å². The molecule has 6 nitrogen and oxygen atoms in total. The van der Waals surface area contributed by atoms with E-state index in [1.165, 1.54) is 18.4 Å². The molecule has 3 aliphatic rings. The first kappa shape index (κ1) is 19.1. The van der Waals surface area contributed by atoms with Gasteiger partial charge in [0.05, 0.1) is 18.8 Å². The maximum Gasteiger partial charge on any atom is 0.122 e. The summed E-state index contributed by atoms with van der Waals surface area (Å²) in [5.74, 6) is 1.48. The van der Waals surface area contributed by atoms with Gasteiger partial charge in [-0.15, -0.1) is 0 Å². The number of piperidine rings is 1. The monoisotopic (exact) mass is 396 g/mol. The van der Waals surface area contributed by atoms with E-state index in [0.29, 0.717) is 17.8 Å². The minimum atomic E-state index is 0.0181. The number of aryl methyl sites for hydroxylation is 1. The number of rotatable bonds is 5. The number of nitrogens with zero attached hydrogens (tertiary/aromatic N) is 4. The van der Waals surface area contributed by atoms with Gasteiger partial charge in [-0.05, 0) is 49.8 Å². The van der Waals surface area contributed by atoms with E-state index in [-0.39, 0.29) is 5.60 Å². The topological polar surface area (TPSA) is 53.8 Å². The van der Waals surface area contributed by atoms with Crippen molar-refractivity contribution in [1.29, 1.82) is 0 Å². The number of ether oxygens (including phenoxy) is 1. The fourth-order valence-corrected chi connectivity index (χ4v) is 5.74. The Labute approximate surface area is 173 Å². The molecular weight excluding hydrogens is 364 g/mol. The summed E-state index contributed by atoms with van der Waals surface area (Å²) in [7, 11) is 2.07. The molecule has 1 aromatic carbocycles. The Kier molecular flexibility index (Phi) is 5.10. The standard InChI is InChI=1S/C23H32N4O2/c1-25-11-9-24-22(25)16-26-12-13-29-23(17-26)14-19-4-5-20(15-23)27(19)10-8-18-2-6-21(28)7-3-18/h2-3,6-7,9,11,19-20,28H,4-5,8,10,12-17H2,1H3/t19-,20+,23?. The van der Waals surface area contributed by atoms with Crippen molar-refractivity contribution in [3.63, 3.8) is 0 Å². The highest BCUT2D eigenvalue weighted by molar-refractivity contribution is 5.26. The minimum Gasteiger partial charge on any atom is -0.508 e. The largest absolute Gasteiger partial charge is 0.508 e. The van der Waals surface area contributed by atoms with Crippen LogP contribution in [0.15, 0.2) is 36.7 Å². The second kappa shape index (κ2) is 7.74. The molecule has 3 saturated heterocycles. The molecule has 1 unspecified atom stereocenters. The number of morpholine rings is 1. The lowest BCUT2D eigenvalue weighted by molar-refractivity contribution is -0.151. The number of fused-ring (bicyclic) bond motifs is 2. The number of imidazole rings is 1. The molecule has 0 amide bonds. The molecule has 0 aliphatic carbocycles. The Bertz CT molecular complexity index is 820. The van der Waals surface area contributed by atoms with E-state index < -0.39 is 0 Å². The zero-order chi connectivity index (χ0) is 19.8. The summed E-state index contributed by atoms with van der Waals surface area (Å²) in [5, 5.41) is 9.49. The molecule has 0 radical (unpaired) electrons. The van der Waals surface area contributed by atoms with E-state index in [2.05, 4.69) is 26.4 Å². The number of aromatic nitrogens is 2. The molecular formula is C23H32N4O2. The molecule has 3 atom stereocenters. The van der Waals surface area contributed by atoms with Gasteiger partial charge < -0.3 is 14.4 Å². The summed E-state index contributed by atoms with van der Waals surface area (Å²) >= 11 is 0. The van der Waals surface area contributed by atoms with E-state index in [0.717, 1.165) is 57.9 Å². The summed E-state index contributed by atoms with van der Waals surface area (Å²) < 4.78 is 8.59. The van der Waals surface area contributed by atoms with Crippen LogP contribution >= 0.6 is 0 Å². The van der Waals surface area contributed by atoms with Crippen molar-refractivity contribution in [3.8, 4) is 5.75 Å². The molecule has 1 aromatic heterocycles. The van der Waals surface area contributed by atoms with Crippen molar-refractivity contribution in [1.82, 2.24) is 19.4 Å². The van der Waals surface area contributed by atoms with Crippen LogP contribution in [0.4, 0.5) is 0 Å². The third-order valence-electron chi connectivity index (χ3n) is 7.19. The molecule has 4 heterocycles. The smallest absolute Gasteiger partial charge is 0.122 e. The molecule has 3 fully saturated rings. The highest BCUT2D eigenvalue weighted by Gasteiger charge is 2.50. The SMILES string of the molecule is Cn1ccnc1CN1CCOC2(C[C@H]3CC[C@@H](C2)N3CCc2ccc(O)cc2)C1. The first-order chi connectivity index (χ1) is 14.1. The Hall–Kier alpha value is -1.89. The van der Waals surface area contributed by atoms with Gasteiger partial charge in [0.1, 0.15) is 11.6 Å². The van der Waals surface area contributed by atoms with E-state index in [4.69, 9.17) is 4.74 Å².